The second kappa shape index (κ2) is 6.19. The summed E-state index contributed by atoms with van der Waals surface area (Å²) in [5, 5.41) is 16.5. The van der Waals surface area contributed by atoms with E-state index in [0.717, 1.165) is 6.54 Å². The number of nitrogens with zero attached hydrogens (tertiary/aromatic N) is 2. The van der Waals surface area contributed by atoms with Crippen molar-refractivity contribution in [3.05, 3.63) is 18.7 Å². The first-order chi connectivity index (χ1) is 6.10. The van der Waals surface area contributed by atoms with E-state index in [9.17, 15) is 0 Å². The summed E-state index contributed by atoms with van der Waals surface area (Å²) in [5.41, 5.74) is 0. The van der Waals surface area contributed by atoms with Crippen LogP contribution in [-0.2, 0) is 18.4 Å². The molecule has 0 aromatic carbocycles. The number of rotatable bonds is 2. The Labute approximate surface area is 76.9 Å². The lowest BCUT2D eigenvalue weighted by Gasteiger charge is -1.86. The second-order valence-electron chi connectivity index (χ2n) is 2.44. The Bertz CT molecular complexity index is 258. The summed E-state index contributed by atoms with van der Waals surface area (Å²) in [7, 11) is 2.02. The van der Waals surface area contributed by atoms with Gasteiger partial charge in [-0.2, -0.15) is 0 Å². The van der Waals surface area contributed by atoms with Crippen molar-refractivity contribution >= 4 is 5.97 Å². The van der Waals surface area contributed by atoms with Crippen LogP contribution >= 0.6 is 0 Å². The van der Waals surface area contributed by atoms with Crippen LogP contribution < -0.4 is 9.67 Å². The molecule has 1 aromatic heterocycles. The molecule has 1 N–H and O–H groups in total. The van der Waals surface area contributed by atoms with Crippen molar-refractivity contribution < 1.29 is 19.6 Å². The van der Waals surface area contributed by atoms with Gasteiger partial charge in [-0.25, -0.2) is 9.13 Å². The van der Waals surface area contributed by atoms with Gasteiger partial charge in [-0.05, 0) is 6.92 Å². The Kier molecular flexibility index (Phi) is 5.54. The molecular formula is C8H14N2O3. The highest BCUT2D eigenvalue weighted by molar-refractivity contribution is 5.65. The van der Waals surface area contributed by atoms with E-state index in [0.29, 0.717) is 0 Å². The zero-order valence-electron chi connectivity index (χ0n) is 7.80. The summed E-state index contributed by atoms with van der Waals surface area (Å²) >= 11 is 0. The van der Waals surface area contributed by atoms with E-state index < -0.39 is 12.6 Å². The Hall–Kier alpha value is -1.36. The van der Waals surface area contributed by atoms with E-state index in [1.165, 1.54) is 0 Å². The van der Waals surface area contributed by atoms with Crippen LogP contribution in [0.25, 0.3) is 0 Å². The summed E-state index contributed by atoms with van der Waals surface area (Å²) in [6.45, 7) is 2.29. The van der Waals surface area contributed by atoms with Gasteiger partial charge >= 0.3 is 0 Å². The minimum Gasteiger partial charge on any atom is -0.548 e. The number of aromatic nitrogens is 2. The first kappa shape index (κ1) is 11.6. The highest BCUT2D eigenvalue weighted by atomic mass is 16.4. The molecule has 0 saturated carbocycles. The molecule has 74 valence electrons. The number of carboxylic acids is 1. The normalized spacial score (nSPS) is 8.85. The molecule has 0 aliphatic heterocycles. The Balaban J connectivity index is 0.000000252. The molecule has 0 spiro atoms. The van der Waals surface area contributed by atoms with Crippen LogP contribution in [0.3, 0.4) is 0 Å². The van der Waals surface area contributed by atoms with Crippen LogP contribution in [0.4, 0.5) is 0 Å². The van der Waals surface area contributed by atoms with E-state index in [4.69, 9.17) is 15.0 Å². The average Bonchev–Trinajstić information content (AvgIpc) is 2.52. The molecule has 0 saturated heterocycles. The number of aliphatic carboxylic acids is 1. The third-order valence-corrected chi connectivity index (χ3v) is 1.32. The molecule has 0 radical (unpaired) electrons. The maximum atomic E-state index is 9.01. The fourth-order valence-corrected chi connectivity index (χ4v) is 0.689. The number of carbonyl (C=O) groups excluding carboxylic acids is 1. The van der Waals surface area contributed by atoms with Crippen LogP contribution in [-0.4, -0.2) is 22.2 Å². The molecule has 0 aliphatic carbocycles. The number of aliphatic hydroxyl groups excluding tert-OH is 1. The minimum atomic E-state index is -1.44. The van der Waals surface area contributed by atoms with Gasteiger partial charge in [-0.3, -0.25) is 0 Å². The standard InChI is InChI=1S/C6H11N2.C2H4O3/c1-3-8-5-4-7(2)6-8;3-1-2(4)5/h4-6H,3H2,1-2H3;3H,1H2,(H,4,5)/q+1;/p-1. The van der Waals surface area contributed by atoms with E-state index in [1.807, 2.05) is 17.8 Å². The summed E-state index contributed by atoms with van der Waals surface area (Å²) < 4.78 is 4.16. The molecule has 13 heavy (non-hydrogen) atoms. The van der Waals surface area contributed by atoms with Gasteiger partial charge < -0.3 is 15.0 Å². The summed E-state index contributed by atoms with van der Waals surface area (Å²) in [5.74, 6) is -1.44. The molecule has 1 heterocycles. The first-order valence-electron chi connectivity index (χ1n) is 3.91. The summed E-state index contributed by atoms with van der Waals surface area (Å²) in [6, 6.07) is 0. The van der Waals surface area contributed by atoms with Crippen molar-refractivity contribution in [2.75, 3.05) is 6.61 Å². The predicted octanol–water partition coefficient (Wildman–Crippen LogP) is -1.94. The Morgan fingerprint density at radius 2 is 2.23 bits per heavy atom. The van der Waals surface area contributed by atoms with Gasteiger partial charge in [0, 0.05) is 0 Å². The second-order valence-corrected chi connectivity index (χ2v) is 2.44. The number of aliphatic hydroxyl groups is 1. The highest BCUT2D eigenvalue weighted by Crippen LogP contribution is 1.79. The van der Waals surface area contributed by atoms with Crippen molar-refractivity contribution in [3.8, 4) is 0 Å². The van der Waals surface area contributed by atoms with Gasteiger partial charge in [0.15, 0.2) is 0 Å². The maximum Gasteiger partial charge on any atom is 0.243 e. The van der Waals surface area contributed by atoms with Crippen LogP contribution in [0.2, 0.25) is 0 Å². The third-order valence-electron chi connectivity index (χ3n) is 1.32. The van der Waals surface area contributed by atoms with Gasteiger partial charge in [0.05, 0.1) is 26.2 Å². The summed E-state index contributed by atoms with van der Waals surface area (Å²) in [4.78, 5) is 9.01. The fraction of sp³-hybridized carbons (Fsp3) is 0.500. The molecule has 5 heteroatoms. The lowest BCUT2D eigenvalue weighted by Crippen LogP contribution is -2.25. The summed E-state index contributed by atoms with van der Waals surface area (Å²) in [6.07, 6.45) is 6.14. The smallest absolute Gasteiger partial charge is 0.243 e. The number of imidazole rings is 1. The molecule has 0 atom stereocenters. The number of hydrogen-bond donors (Lipinski definition) is 1. The van der Waals surface area contributed by atoms with Crippen molar-refractivity contribution in [1.82, 2.24) is 4.57 Å². The molecule has 0 aliphatic rings. The molecular weight excluding hydrogens is 172 g/mol. The van der Waals surface area contributed by atoms with Crippen LogP contribution in [0.5, 0.6) is 0 Å². The lowest BCUT2D eigenvalue weighted by atomic mass is 10.7. The van der Waals surface area contributed by atoms with Gasteiger partial charge in [-0.1, -0.05) is 0 Å². The SMILES string of the molecule is CCn1cc[n+](C)c1.O=C([O-])CO. The first-order valence-corrected chi connectivity index (χ1v) is 3.91. The van der Waals surface area contributed by atoms with Crippen LogP contribution in [0.15, 0.2) is 18.7 Å². The zero-order chi connectivity index (χ0) is 10.3. The molecule has 0 fully saturated rings. The molecule has 1 aromatic rings. The molecule has 0 amide bonds. The predicted molar refractivity (Wildman–Crippen MR) is 43.4 cm³/mol. The lowest BCUT2D eigenvalue weighted by molar-refractivity contribution is -0.671. The van der Waals surface area contributed by atoms with Gasteiger partial charge in [-0.15, -0.1) is 0 Å². The molecule has 5 nitrogen and oxygen atoms in total. The molecule has 0 bridgehead atoms. The highest BCUT2D eigenvalue weighted by Gasteiger charge is 1.92. The van der Waals surface area contributed by atoms with E-state index >= 15 is 0 Å². The number of aryl methyl sites for hydroxylation is 2. The van der Waals surface area contributed by atoms with Crippen LogP contribution in [0.1, 0.15) is 6.92 Å². The zero-order valence-corrected chi connectivity index (χ0v) is 7.80. The van der Waals surface area contributed by atoms with E-state index in [-0.39, 0.29) is 0 Å². The minimum absolute atomic E-state index is 0.889. The molecule has 1 rings (SSSR count). The molecule has 0 unspecified atom stereocenters. The quantitative estimate of drug-likeness (QED) is 0.546. The third kappa shape index (κ3) is 5.86. The largest absolute Gasteiger partial charge is 0.548 e. The Morgan fingerprint density at radius 1 is 1.69 bits per heavy atom. The monoisotopic (exact) mass is 186 g/mol. The maximum absolute atomic E-state index is 9.01. The van der Waals surface area contributed by atoms with Gasteiger partial charge in [0.2, 0.25) is 6.33 Å². The number of hydrogen-bond acceptors (Lipinski definition) is 3. The van der Waals surface area contributed by atoms with Gasteiger partial charge in [0.25, 0.3) is 0 Å². The van der Waals surface area contributed by atoms with Crippen LogP contribution in [0, 0.1) is 0 Å². The van der Waals surface area contributed by atoms with E-state index in [2.05, 4.69) is 24.0 Å². The average molecular weight is 186 g/mol. The van der Waals surface area contributed by atoms with Crippen molar-refractivity contribution in [2.24, 2.45) is 7.05 Å². The van der Waals surface area contributed by atoms with Gasteiger partial charge in [0.1, 0.15) is 12.4 Å². The van der Waals surface area contributed by atoms with Crippen molar-refractivity contribution in [3.63, 3.8) is 0 Å². The van der Waals surface area contributed by atoms with Crippen molar-refractivity contribution in [2.45, 2.75) is 13.5 Å². The van der Waals surface area contributed by atoms with Crippen molar-refractivity contribution in [1.29, 1.82) is 0 Å². The number of carboxylic acid groups (broad SMARTS) is 1. The topological polar surface area (TPSA) is 69.2 Å². The Morgan fingerprint density at radius 3 is 2.38 bits per heavy atom. The fourth-order valence-electron chi connectivity index (χ4n) is 0.689. The number of carbonyl (C=O) groups is 1. The van der Waals surface area contributed by atoms with E-state index in [1.54, 1.807) is 0 Å².